The van der Waals surface area contributed by atoms with Gasteiger partial charge in [-0.25, -0.2) is 17.9 Å². The first-order chi connectivity index (χ1) is 13.0. The molecule has 0 atom stereocenters. The molecule has 1 saturated heterocycles. The monoisotopic (exact) mass is 387 g/mol. The van der Waals surface area contributed by atoms with E-state index in [2.05, 4.69) is 21.9 Å². The Balaban J connectivity index is 1.60. The number of aromatic amines is 1. The molecule has 0 bridgehead atoms. The number of sulfonamides is 1. The van der Waals surface area contributed by atoms with Gasteiger partial charge in [0.2, 0.25) is 10.0 Å². The zero-order chi connectivity index (χ0) is 19.0. The van der Waals surface area contributed by atoms with Crippen molar-refractivity contribution >= 4 is 15.7 Å². The number of benzene rings is 1. The van der Waals surface area contributed by atoms with E-state index in [1.54, 1.807) is 36.5 Å². The van der Waals surface area contributed by atoms with Crippen molar-refractivity contribution in [3.63, 3.8) is 0 Å². The third kappa shape index (κ3) is 3.29. The molecule has 1 aliphatic rings. The quantitative estimate of drug-likeness (QED) is 0.722. The van der Waals surface area contributed by atoms with Gasteiger partial charge < -0.3 is 4.90 Å². The first kappa shape index (κ1) is 17.9. The van der Waals surface area contributed by atoms with E-state index in [4.69, 9.17) is 0 Å². The lowest BCUT2D eigenvalue weighted by Gasteiger charge is -2.33. The fourth-order valence-electron chi connectivity index (χ4n) is 3.31. The Morgan fingerprint density at radius 1 is 1.07 bits per heavy atom. The van der Waals surface area contributed by atoms with Crippen LogP contribution in [0.2, 0.25) is 0 Å². The van der Waals surface area contributed by atoms with Gasteiger partial charge in [-0.15, -0.1) is 0 Å². The minimum Gasteiger partial charge on any atom is -0.301 e. The highest BCUT2D eigenvalue weighted by Crippen LogP contribution is 2.22. The van der Waals surface area contributed by atoms with Gasteiger partial charge in [0.15, 0.2) is 5.65 Å². The number of hydrogen-bond donors (Lipinski definition) is 1. The van der Waals surface area contributed by atoms with Crippen LogP contribution in [-0.2, 0) is 10.0 Å². The molecule has 27 heavy (non-hydrogen) atoms. The Kier molecular flexibility index (Phi) is 4.58. The summed E-state index contributed by atoms with van der Waals surface area (Å²) in [7, 11) is -3.51. The summed E-state index contributed by atoms with van der Waals surface area (Å²) < 4.78 is 28.6. The van der Waals surface area contributed by atoms with E-state index in [0.717, 1.165) is 19.6 Å². The summed E-state index contributed by atoms with van der Waals surface area (Å²) >= 11 is 0. The number of fused-ring (bicyclic) bond motifs is 1. The largest absolute Gasteiger partial charge is 0.301 e. The number of H-pyrrole nitrogens is 1. The summed E-state index contributed by atoms with van der Waals surface area (Å²) in [6.45, 7) is 5.51. The van der Waals surface area contributed by atoms with Crippen molar-refractivity contribution in [3.05, 3.63) is 52.9 Å². The molecular weight excluding hydrogens is 366 g/mol. The number of likely N-dealkylation sites (N-methyl/N-ethyl adjacent to an activating group) is 1. The standard InChI is InChI=1S/C18H21N5O3S/c1-2-21-9-11-22(12-10-21)27(25,26)15-5-3-14(4-6-15)16-13-18(24)23-17(20-16)7-8-19-23/h3-8,13,19H,2,9-12H2,1H3. The normalized spacial score (nSPS) is 16.8. The molecule has 0 aliphatic carbocycles. The average Bonchev–Trinajstić information content (AvgIpc) is 3.17. The molecule has 2 aromatic heterocycles. The van der Waals surface area contributed by atoms with Crippen LogP contribution in [0, 0.1) is 0 Å². The average molecular weight is 387 g/mol. The molecule has 8 nitrogen and oxygen atoms in total. The van der Waals surface area contributed by atoms with Crippen molar-refractivity contribution in [1.82, 2.24) is 23.8 Å². The number of rotatable bonds is 4. The molecule has 1 fully saturated rings. The molecule has 3 heterocycles. The van der Waals surface area contributed by atoms with E-state index in [9.17, 15) is 13.2 Å². The molecule has 0 saturated carbocycles. The van der Waals surface area contributed by atoms with Gasteiger partial charge in [-0.3, -0.25) is 9.89 Å². The molecule has 0 spiro atoms. The second kappa shape index (κ2) is 6.91. The van der Waals surface area contributed by atoms with Gasteiger partial charge in [0.25, 0.3) is 5.56 Å². The lowest BCUT2D eigenvalue weighted by molar-refractivity contribution is 0.196. The Bertz CT molecular complexity index is 1110. The molecular formula is C18H21N5O3S. The minimum absolute atomic E-state index is 0.217. The number of piperazine rings is 1. The highest BCUT2D eigenvalue weighted by atomic mass is 32.2. The Morgan fingerprint density at radius 2 is 1.78 bits per heavy atom. The van der Waals surface area contributed by atoms with Gasteiger partial charge in [-0.2, -0.15) is 4.31 Å². The van der Waals surface area contributed by atoms with E-state index in [-0.39, 0.29) is 10.5 Å². The zero-order valence-electron chi connectivity index (χ0n) is 15.0. The van der Waals surface area contributed by atoms with Gasteiger partial charge in [0.1, 0.15) is 0 Å². The topological polar surface area (TPSA) is 90.8 Å². The summed E-state index contributed by atoms with van der Waals surface area (Å²) in [6.07, 6.45) is 1.64. The second-order valence-corrected chi connectivity index (χ2v) is 8.44. The van der Waals surface area contributed by atoms with Crippen LogP contribution >= 0.6 is 0 Å². The Labute approximate surface area is 157 Å². The van der Waals surface area contributed by atoms with Gasteiger partial charge in [0, 0.05) is 50.1 Å². The van der Waals surface area contributed by atoms with Crippen LogP contribution in [0.15, 0.2) is 52.3 Å². The Hall–Kier alpha value is -2.49. The zero-order valence-corrected chi connectivity index (χ0v) is 15.8. The third-order valence-corrected chi connectivity index (χ3v) is 6.86. The molecule has 4 rings (SSSR count). The van der Waals surface area contributed by atoms with Crippen molar-refractivity contribution in [3.8, 4) is 11.3 Å². The fourth-order valence-corrected chi connectivity index (χ4v) is 4.73. The van der Waals surface area contributed by atoms with Crippen molar-refractivity contribution in [2.45, 2.75) is 11.8 Å². The molecule has 1 aromatic carbocycles. The molecule has 0 amide bonds. The van der Waals surface area contributed by atoms with Crippen LogP contribution in [0.5, 0.6) is 0 Å². The second-order valence-electron chi connectivity index (χ2n) is 6.50. The summed E-state index contributed by atoms with van der Waals surface area (Å²) in [5.74, 6) is 0. The summed E-state index contributed by atoms with van der Waals surface area (Å²) in [6, 6.07) is 9.69. The molecule has 1 N–H and O–H groups in total. The summed E-state index contributed by atoms with van der Waals surface area (Å²) in [4.78, 5) is 19.0. The van der Waals surface area contributed by atoms with Gasteiger partial charge in [-0.1, -0.05) is 19.1 Å². The van der Waals surface area contributed by atoms with E-state index >= 15 is 0 Å². The smallest absolute Gasteiger partial charge is 0.273 e. The maximum atomic E-state index is 12.9. The first-order valence-electron chi connectivity index (χ1n) is 8.89. The van der Waals surface area contributed by atoms with Crippen LogP contribution in [0.4, 0.5) is 0 Å². The molecule has 3 aromatic rings. The van der Waals surface area contributed by atoms with Crippen LogP contribution in [0.25, 0.3) is 16.9 Å². The van der Waals surface area contributed by atoms with E-state index in [1.807, 2.05) is 0 Å². The number of hydrogen-bond acceptors (Lipinski definition) is 5. The SMILES string of the molecule is CCN1CCN(S(=O)(=O)c2ccc(-c3cc(=O)n4[nH]ccc4n3)cc2)CC1. The van der Waals surface area contributed by atoms with Gasteiger partial charge in [-0.05, 0) is 18.7 Å². The Morgan fingerprint density at radius 3 is 2.44 bits per heavy atom. The van der Waals surface area contributed by atoms with Crippen molar-refractivity contribution in [2.24, 2.45) is 0 Å². The molecule has 0 radical (unpaired) electrons. The minimum atomic E-state index is -3.51. The number of aromatic nitrogens is 3. The van der Waals surface area contributed by atoms with Crippen LogP contribution in [0.3, 0.4) is 0 Å². The van der Waals surface area contributed by atoms with E-state index in [0.29, 0.717) is 30.0 Å². The fraction of sp³-hybridized carbons (Fsp3) is 0.333. The molecule has 142 valence electrons. The van der Waals surface area contributed by atoms with Crippen LogP contribution in [-0.4, -0.2) is 64.9 Å². The predicted molar refractivity (Wildman–Crippen MR) is 102 cm³/mol. The van der Waals surface area contributed by atoms with Crippen molar-refractivity contribution in [1.29, 1.82) is 0 Å². The highest BCUT2D eigenvalue weighted by Gasteiger charge is 2.27. The summed E-state index contributed by atoms with van der Waals surface area (Å²) in [5, 5.41) is 2.79. The maximum absolute atomic E-state index is 12.9. The lowest BCUT2D eigenvalue weighted by Crippen LogP contribution is -2.48. The van der Waals surface area contributed by atoms with Crippen molar-refractivity contribution < 1.29 is 8.42 Å². The predicted octanol–water partition coefficient (Wildman–Crippen LogP) is 1.02. The van der Waals surface area contributed by atoms with Gasteiger partial charge in [0.05, 0.1) is 10.6 Å². The van der Waals surface area contributed by atoms with Gasteiger partial charge >= 0.3 is 0 Å². The maximum Gasteiger partial charge on any atom is 0.273 e. The highest BCUT2D eigenvalue weighted by molar-refractivity contribution is 7.89. The third-order valence-electron chi connectivity index (χ3n) is 4.95. The summed E-state index contributed by atoms with van der Waals surface area (Å²) in [5.41, 5.74) is 1.51. The number of nitrogens with one attached hydrogen (secondary N) is 1. The van der Waals surface area contributed by atoms with Crippen LogP contribution < -0.4 is 5.56 Å². The van der Waals surface area contributed by atoms with E-state index < -0.39 is 10.0 Å². The molecule has 9 heteroatoms. The lowest BCUT2D eigenvalue weighted by atomic mass is 10.1. The molecule has 0 unspecified atom stereocenters. The number of nitrogens with zero attached hydrogens (tertiary/aromatic N) is 4. The van der Waals surface area contributed by atoms with E-state index in [1.165, 1.54) is 14.9 Å². The first-order valence-corrected chi connectivity index (χ1v) is 10.3. The van der Waals surface area contributed by atoms with Crippen molar-refractivity contribution in [2.75, 3.05) is 32.7 Å². The van der Waals surface area contributed by atoms with Crippen LogP contribution in [0.1, 0.15) is 6.92 Å². The molecule has 1 aliphatic heterocycles.